The predicted octanol–water partition coefficient (Wildman–Crippen LogP) is 2.77. The molecule has 2 aliphatic heterocycles. The molecule has 0 saturated carbocycles. The summed E-state index contributed by atoms with van der Waals surface area (Å²) in [5.41, 5.74) is 1.06. The van der Waals surface area contributed by atoms with Gasteiger partial charge >= 0.3 is 6.03 Å². The molecule has 10 heteroatoms. The number of aryl methyl sites for hydroxylation is 2. The molecule has 4 heterocycles. The van der Waals surface area contributed by atoms with Gasteiger partial charge in [0.25, 0.3) is 5.91 Å². The van der Waals surface area contributed by atoms with Gasteiger partial charge in [-0.1, -0.05) is 11.2 Å². The average molecular weight is 450 g/mol. The van der Waals surface area contributed by atoms with Gasteiger partial charge in [-0.3, -0.25) is 19.1 Å². The van der Waals surface area contributed by atoms with E-state index in [9.17, 15) is 14.4 Å². The number of hydrogen-bond donors (Lipinski definition) is 1. The molecule has 0 unspecified atom stereocenters. The van der Waals surface area contributed by atoms with E-state index < -0.39 is 17.5 Å². The fourth-order valence-electron chi connectivity index (χ4n) is 4.33. The molecule has 1 atom stereocenters. The van der Waals surface area contributed by atoms with Crippen LogP contribution in [0.25, 0.3) is 5.82 Å². The van der Waals surface area contributed by atoms with Crippen LogP contribution in [0.2, 0.25) is 0 Å². The third-order valence-electron chi connectivity index (χ3n) is 6.10. The van der Waals surface area contributed by atoms with Gasteiger partial charge in [-0.25, -0.2) is 4.79 Å². The molecule has 1 saturated heterocycles. The van der Waals surface area contributed by atoms with E-state index in [4.69, 9.17) is 14.0 Å². The van der Waals surface area contributed by atoms with Crippen LogP contribution in [0.5, 0.6) is 11.5 Å². The summed E-state index contributed by atoms with van der Waals surface area (Å²) in [6, 6.07) is 7.91. The Balaban J connectivity index is 1.40. The highest BCUT2D eigenvalue weighted by atomic mass is 16.7. The number of hydrogen-bond acceptors (Lipinski definition) is 7. The van der Waals surface area contributed by atoms with Gasteiger partial charge < -0.3 is 19.3 Å². The lowest BCUT2D eigenvalue weighted by molar-refractivity contribution is -0.130. The molecule has 0 aliphatic carbocycles. The number of nitrogens with one attached hydrogen (secondary N) is 1. The highest BCUT2D eigenvalue weighted by Crippen LogP contribution is 2.38. The molecule has 0 spiro atoms. The zero-order chi connectivity index (χ0) is 23.5. The van der Waals surface area contributed by atoms with E-state index in [1.54, 1.807) is 55.7 Å². The van der Waals surface area contributed by atoms with Crippen molar-refractivity contribution in [2.24, 2.45) is 0 Å². The number of aromatic nitrogens is 2. The Morgan fingerprint density at radius 2 is 1.88 bits per heavy atom. The Hall–Kier alpha value is -4.08. The summed E-state index contributed by atoms with van der Waals surface area (Å²) in [6.45, 7) is 6.74. The Bertz CT molecular complexity index is 1320. The highest BCUT2D eigenvalue weighted by molar-refractivity contribution is 6.11. The molecular weight excluding hydrogens is 428 g/mol. The SMILES string of the molecule is Cc1cc(-n2c(C)cc(C(=O)CN3C(=O)N[C@](C)(c4ccc5c(c4)OCO5)C3=O)c2C)no1. The molecule has 1 fully saturated rings. The summed E-state index contributed by atoms with van der Waals surface area (Å²) in [7, 11) is 0. The maximum atomic E-state index is 13.3. The standard InChI is InChI=1S/C23H22N4O6/c1-12-7-16(14(3)27(12)20-8-13(2)33-25-20)17(28)10-26-21(29)23(4,24-22(26)30)15-5-6-18-19(9-15)32-11-31-18/h5-9H,10-11H2,1-4H3,(H,24,30)/t23-/m1/s1. The van der Waals surface area contributed by atoms with Crippen molar-refractivity contribution >= 4 is 17.7 Å². The minimum absolute atomic E-state index is 0.1000. The van der Waals surface area contributed by atoms with Crippen LogP contribution in [-0.4, -0.2) is 45.7 Å². The first-order valence-electron chi connectivity index (χ1n) is 10.4. The van der Waals surface area contributed by atoms with Crippen molar-refractivity contribution in [1.82, 2.24) is 19.9 Å². The van der Waals surface area contributed by atoms with Gasteiger partial charge in [0.05, 0.1) is 6.54 Å². The first kappa shape index (κ1) is 20.8. The van der Waals surface area contributed by atoms with E-state index in [1.165, 1.54) is 0 Å². The van der Waals surface area contributed by atoms with Gasteiger partial charge in [-0.2, -0.15) is 0 Å². The van der Waals surface area contributed by atoms with Gasteiger partial charge in [0.15, 0.2) is 23.1 Å². The van der Waals surface area contributed by atoms with E-state index in [1.807, 2.05) is 6.92 Å². The summed E-state index contributed by atoms with van der Waals surface area (Å²) >= 11 is 0. The van der Waals surface area contributed by atoms with Gasteiger partial charge in [0.2, 0.25) is 6.79 Å². The number of carbonyl (C=O) groups excluding carboxylic acids is 3. The molecule has 0 radical (unpaired) electrons. The Kier molecular flexibility index (Phi) is 4.55. The van der Waals surface area contributed by atoms with Crippen molar-refractivity contribution in [3.05, 3.63) is 58.6 Å². The van der Waals surface area contributed by atoms with Gasteiger partial charge in [-0.15, -0.1) is 0 Å². The van der Waals surface area contributed by atoms with Crippen molar-refractivity contribution in [2.75, 3.05) is 13.3 Å². The zero-order valence-corrected chi connectivity index (χ0v) is 18.6. The topological polar surface area (TPSA) is 116 Å². The Morgan fingerprint density at radius 3 is 2.61 bits per heavy atom. The van der Waals surface area contributed by atoms with E-state index in [2.05, 4.69) is 10.5 Å². The van der Waals surface area contributed by atoms with E-state index in [0.717, 1.165) is 10.6 Å². The fourth-order valence-corrected chi connectivity index (χ4v) is 4.33. The molecule has 1 aromatic carbocycles. The van der Waals surface area contributed by atoms with Crippen LogP contribution in [-0.2, 0) is 10.3 Å². The molecule has 10 nitrogen and oxygen atoms in total. The van der Waals surface area contributed by atoms with Crippen molar-refractivity contribution in [1.29, 1.82) is 0 Å². The normalized spacial score (nSPS) is 19.3. The largest absolute Gasteiger partial charge is 0.454 e. The molecule has 2 aromatic heterocycles. The molecule has 1 N–H and O–H groups in total. The second kappa shape index (κ2) is 7.22. The van der Waals surface area contributed by atoms with Crippen LogP contribution < -0.4 is 14.8 Å². The number of ether oxygens (including phenoxy) is 2. The minimum atomic E-state index is -1.33. The van der Waals surface area contributed by atoms with E-state index in [0.29, 0.717) is 39.9 Å². The summed E-state index contributed by atoms with van der Waals surface area (Å²) < 4.78 is 17.7. The quantitative estimate of drug-likeness (QED) is 0.469. The number of imide groups is 1. The first-order chi connectivity index (χ1) is 15.7. The van der Waals surface area contributed by atoms with Gasteiger partial charge in [0.1, 0.15) is 11.3 Å². The second-order valence-corrected chi connectivity index (χ2v) is 8.35. The Morgan fingerprint density at radius 1 is 1.12 bits per heavy atom. The van der Waals surface area contributed by atoms with Crippen molar-refractivity contribution in [3.8, 4) is 17.3 Å². The minimum Gasteiger partial charge on any atom is -0.454 e. The number of amides is 3. The lowest BCUT2D eigenvalue weighted by Gasteiger charge is -2.22. The smallest absolute Gasteiger partial charge is 0.325 e. The molecule has 0 bridgehead atoms. The van der Waals surface area contributed by atoms with Crippen LogP contribution in [0.3, 0.4) is 0 Å². The summed E-state index contributed by atoms with van der Waals surface area (Å²) in [4.78, 5) is 40.1. The summed E-state index contributed by atoms with van der Waals surface area (Å²) in [5.74, 6) is 1.41. The second-order valence-electron chi connectivity index (χ2n) is 8.35. The maximum absolute atomic E-state index is 13.3. The third kappa shape index (κ3) is 3.17. The molecule has 2 aliphatic rings. The zero-order valence-electron chi connectivity index (χ0n) is 18.6. The first-order valence-corrected chi connectivity index (χ1v) is 10.4. The third-order valence-corrected chi connectivity index (χ3v) is 6.10. The average Bonchev–Trinajstić information content (AvgIpc) is 3.52. The molecule has 33 heavy (non-hydrogen) atoms. The van der Waals surface area contributed by atoms with Crippen molar-refractivity contribution < 1.29 is 28.4 Å². The van der Waals surface area contributed by atoms with Crippen LogP contribution in [0, 0.1) is 20.8 Å². The van der Waals surface area contributed by atoms with Crippen LogP contribution in [0.1, 0.15) is 40.0 Å². The van der Waals surface area contributed by atoms with Crippen molar-refractivity contribution in [3.63, 3.8) is 0 Å². The fraction of sp³-hybridized carbons (Fsp3) is 0.304. The number of urea groups is 1. The highest BCUT2D eigenvalue weighted by Gasteiger charge is 2.50. The van der Waals surface area contributed by atoms with E-state index >= 15 is 0 Å². The van der Waals surface area contributed by atoms with Crippen molar-refractivity contribution in [2.45, 2.75) is 33.2 Å². The molecule has 170 valence electrons. The van der Waals surface area contributed by atoms with Crippen LogP contribution in [0.15, 0.2) is 34.9 Å². The van der Waals surface area contributed by atoms with Gasteiger partial charge in [-0.05, 0) is 51.5 Å². The lowest BCUT2D eigenvalue weighted by atomic mass is 9.91. The van der Waals surface area contributed by atoms with Crippen LogP contribution >= 0.6 is 0 Å². The number of nitrogens with zero attached hydrogens (tertiary/aromatic N) is 3. The number of carbonyl (C=O) groups is 3. The number of benzene rings is 1. The Labute approximate surface area is 189 Å². The van der Waals surface area contributed by atoms with Crippen LogP contribution in [0.4, 0.5) is 4.79 Å². The van der Waals surface area contributed by atoms with Gasteiger partial charge in [0, 0.05) is 23.0 Å². The molecule has 5 rings (SSSR count). The summed E-state index contributed by atoms with van der Waals surface area (Å²) in [6.07, 6.45) is 0. The predicted molar refractivity (Wildman–Crippen MR) is 115 cm³/mol. The lowest BCUT2D eigenvalue weighted by Crippen LogP contribution is -2.41. The molecule has 3 amide bonds. The number of fused-ring (bicyclic) bond motifs is 1. The monoisotopic (exact) mass is 450 g/mol. The molecular formula is C23H22N4O6. The number of ketones is 1. The summed E-state index contributed by atoms with van der Waals surface area (Å²) in [5, 5.41) is 6.73. The molecule has 3 aromatic rings. The number of rotatable bonds is 5. The number of Topliss-reactive ketones (excluding diaryl/α,β-unsaturated/α-hetero) is 1. The maximum Gasteiger partial charge on any atom is 0.325 e. The van der Waals surface area contributed by atoms with E-state index in [-0.39, 0.29) is 19.1 Å².